The van der Waals surface area contributed by atoms with Crippen LogP contribution in [0.3, 0.4) is 0 Å². The van der Waals surface area contributed by atoms with Crippen LogP contribution >= 0.6 is 0 Å². The second-order valence-electron chi connectivity index (χ2n) is 8.80. The predicted octanol–water partition coefficient (Wildman–Crippen LogP) is 4.29. The zero-order valence-corrected chi connectivity index (χ0v) is 18.3. The summed E-state index contributed by atoms with van der Waals surface area (Å²) in [5.41, 5.74) is 0.924. The minimum Gasteiger partial charge on any atom is -0.486 e. The molecule has 2 N–H and O–H groups in total. The van der Waals surface area contributed by atoms with Crippen molar-refractivity contribution < 1.29 is 19.0 Å². The second-order valence-corrected chi connectivity index (χ2v) is 8.80. The zero-order chi connectivity index (χ0) is 22.7. The highest BCUT2D eigenvalue weighted by Gasteiger charge is 2.45. The Morgan fingerprint density at radius 3 is 2.66 bits per heavy atom. The van der Waals surface area contributed by atoms with Gasteiger partial charge in [-0.3, -0.25) is 9.89 Å². The molecule has 3 aromatic rings. The van der Waals surface area contributed by atoms with Crippen molar-refractivity contribution in [3.63, 3.8) is 0 Å². The van der Waals surface area contributed by atoms with E-state index in [4.69, 9.17) is 4.74 Å². The van der Waals surface area contributed by atoms with E-state index in [1.54, 1.807) is 11.0 Å². The third-order valence-electron chi connectivity index (χ3n) is 5.82. The normalized spacial score (nSPS) is 21.0. The van der Waals surface area contributed by atoms with E-state index in [1.165, 1.54) is 24.3 Å². The molecule has 0 saturated carbocycles. The first-order valence-electron chi connectivity index (χ1n) is 10.9. The molecule has 2 atom stereocenters. The van der Waals surface area contributed by atoms with E-state index in [-0.39, 0.29) is 24.2 Å². The molecule has 168 valence electrons. The van der Waals surface area contributed by atoms with Gasteiger partial charge >= 0.3 is 0 Å². The summed E-state index contributed by atoms with van der Waals surface area (Å²) in [5.74, 6) is 0.158. The van der Waals surface area contributed by atoms with Crippen LogP contribution in [-0.4, -0.2) is 50.9 Å². The van der Waals surface area contributed by atoms with Crippen LogP contribution in [0, 0.1) is 11.7 Å². The molecule has 0 radical (unpaired) electrons. The maximum Gasteiger partial charge on any atom is 0.272 e. The van der Waals surface area contributed by atoms with Crippen molar-refractivity contribution in [3.05, 3.63) is 72.2 Å². The molecule has 2 heterocycles. The molecule has 0 aliphatic carbocycles. The molecule has 1 saturated heterocycles. The molecule has 1 amide bonds. The number of H-pyrrole nitrogens is 1. The van der Waals surface area contributed by atoms with Crippen molar-refractivity contribution >= 4 is 5.91 Å². The van der Waals surface area contributed by atoms with Crippen molar-refractivity contribution in [1.29, 1.82) is 0 Å². The van der Waals surface area contributed by atoms with Crippen LogP contribution in [0.2, 0.25) is 0 Å². The number of piperidine rings is 1. The van der Waals surface area contributed by atoms with Gasteiger partial charge in [-0.05, 0) is 49.1 Å². The smallest absolute Gasteiger partial charge is 0.272 e. The number of ether oxygens (including phenoxy) is 1. The summed E-state index contributed by atoms with van der Waals surface area (Å²) in [4.78, 5) is 14.9. The molecular weight excluding hydrogens is 409 g/mol. The topological polar surface area (TPSA) is 78.5 Å². The van der Waals surface area contributed by atoms with Crippen LogP contribution in [0.15, 0.2) is 60.7 Å². The average Bonchev–Trinajstić information content (AvgIpc) is 3.27. The summed E-state index contributed by atoms with van der Waals surface area (Å²) in [5, 5.41) is 18.5. The summed E-state index contributed by atoms with van der Waals surface area (Å²) >= 11 is 0. The third-order valence-corrected chi connectivity index (χ3v) is 5.82. The van der Waals surface area contributed by atoms with Crippen LogP contribution in [0.4, 0.5) is 4.39 Å². The SMILES string of the molecule is CC(C)C[C@]1(O)CCN(C(=O)c2cc(-c3ccccc3)n[nH]2)C[C@@H]1Oc1ccc(F)cc1. The van der Waals surface area contributed by atoms with Gasteiger partial charge < -0.3 is 14.7 Å². The van der Waals surface area contributed by atoms with E-state index in [9.17, 15) is 14.3 Å². The Hall–Kier alpha value is -3.19. The maximum absolute atomic E-state index is 13.3. The van der Waals surface area contributed by atoms with Gasteiger partial charge in [-0.1, -0.05) is 44.2 Å². The van der Waals surface area contributed by atoms with Gasteiger partial charge in [0.05, 0.1) is 12.2 Å². The number of aromatic amines is 1. The quantitative estimate of drug-likeness (QED) is 0.603. The summed E-state index contributed by atoms with van der Waals surface area (Å²) < 4.78 is 19.4. The third kappa shape index (κ3) is 4.83. The minimum atomic E-state index is -1.08. The highest BCUT2D eigenvalue weighted by Crippen LogP contribution is 2.33. The van der Waals surface area contributed by atoms with Crippen LogP contribution in [0.5, 0.6) is 5.75 Å². The van der Waals surface area contributed by atoms with Gasteiger partial charge in [-0.25, -0.2) is 4.39 Å². The number of hydrogen-bond acceptors (Lipinski definition) is 4. The first kappa shape index (κ1) is 22.0. The van der Waals surface area contributed by atoms with Crippen molar-refractivity contribution in [2.24, 2.45) is 5.92 Å². The van der Waals surface area contributed by atoms with Crippen LogP contribution in [0.1, 0.15) is 37.2 Å². The molecule has 4 rings (SSSR count). The lowest BCUT2D eigenvalue weighted by atomic mass is 9.81. The number of carbonyl (C=O) groups is 1. The zero-order valence-electron chi connectivity index (χ0n) is 18.3. The van der Waals surface area contributed by atoms with E-state index in [0.29, 0.717) is 36.5 Å². The first-order chi connectivity index (χ1) is 15.3. The number of nitrogens with zero attached hydrogens (tertiary/aromatic N) is 2. The largest absolute Gasteiger partial charge is 0.486 e. The van der Waals surface area contributed by atoms with E-state index < -0.39 is 11.7 Å². The van der Waals surface area contributed by atoms with Gasteiger partial charge in [0.2, 0.25) is 0 Å². The van der Waals surface area contributed by atoms with Gasteiger partial charge in [0.25, 0.3) is 5.91 Å². The van der Waals surface area contributed by atoms with Crippen LogP contribution in [-0.2, 0) is 0 Å². The summed E-state index contributed by atoms with van der Waals surface area (Å²) in [6.07, 6.45) is 0.301. The van der Waals surface area contributed by atoms with Crippen molar-refractivity contribution in [3.8, 4) is 17.0 Å². The molecule has 1 fully saturated rings. The van der Waals surface area contributed by atoms with E-state index in [0.717, 1.165) is 5.56 Å². The lowest BCUT2D eigenvalue weighted by Crippen LogP contribution is -2.59. The number of nitrogens with one attached hydrogen (secondary N) is 1. The summed E-state index contributed by atoms with van der Waals surface area (Å²) in [6.45, 7) is 4.71. The highest BCUT2D eigenvalue weighted by molar-refractivity contribution is 5.93. The molecule has 1 aliphatic rings. The summed E-state index contributed by atoms with van der Waals surface area (Å²) in [7, 11) is 0. The number of benzene rings is 2. The lowest BCUT2D eigenvalue weighted by molar-refractivity contribution is -0.111. The van der Waals surface area contributed by atoms with Crippen LogP contribution < -0.4 is 4.74 Å². The van der Waals surface area contributed by atoms with E-state index in [2.05, 4.69) is 10.2 Å². The number of carbonyl (C=O) groups excluding carboxylic acids is 1. The van der Waals surface area contributed by atoms with Crippen molar-refractivity contribution in [2.45, 2.75) is 38.4 Å². The molecule has 32 heavy (non-hydrogen) atoms. The van der Waals surface area contributed by atoms with Gasteiger partial charge in [-0.15, -0.1) is 0 Å². The van der Waals surface area contributed by atoms with Gasteiger partial charge in [0, 0.05) is 12.1 Å². The number of hydrogen-bond donors (Lipinski definition) is 2. The molecular formula is C25H28FN3O3. The van der Waals surface area contributed by atoms with Gasteiger partial charge in [-0.2, -0.15) is 5.10 Å². The Kier molecular flexibility index (Phi) is 6.28. The Bertz CT molecular complexity index is 1050. The fourth-order valence-electron chi connectivity index (χ4n) is 4.26. The standard InChI is InChI=1S/C25H28FN3O3/c1-17(2)15-25(31)12-13-29(16-23(25)32-20-10-8-19(26)9-11-20)24(30)22-14-21(27-28-22)18-6-4-3-5-7-18/h3-11,14,17,23,31H,12-13,15-16H2,1-2H3,(H,27,28)/t23-,25+/m0/s1. The van der Waals surface area contributed by atoms with E-state index >= 15 is 0 Å². The second kappa shape index (κ2) is 9.12. The molecule has 7 heteroatoms. The van der Waals surface area contributed by atoms with Crippen molar-refractivity contribution in [1.82, 2.24) is 15.1 Å². The minimum absolute atomic E-state index is 0.195. The number of likely N-dealkylation sites (tertiary alicyclic amines) is 1. The number of aliphatic hydroxyl groups is 1. The number of rotatable bonds is 6. The van der Waals surface area contributed by atoms with Gasteiger partial charge in [0.1, 0.15) is 29.0 Å². The first-order valence-corrected chi connectivity index (χ1v) is 10.9. The number of aromatic nitrogens is 2. The van der Waals surface area contributed by atoms with Crippen molar-refractivity contribution in [2.75, 3.05) is 13.1 Å². The average molecular weight is 438 g/mol. The molecule has 1 aliphatic heterocycles. The number of amides is 1. The Morgan fingerprint density at radius 2 is 1.97 bits per heavy atom. The Morgan fingerprint density at radius 1 is 1.25 bits per heavy atom. The molecule has 0 bridgehead atoms. The Labute approximate surface area is 187 Å². The highest BCUT2D eigenvalue weighted by atomic mass is 19.1. The monoisotopic (exact) mass is 437 g/mol. The summed E-state index contributed by atoms with van der Waals surface area (Å²) in [6, 6.07) is 17.1. The Balaban J connectivity index is 1.53. The maximum atomic E-state index is 13.3. The predicted molar refractivity (Wildman–Crippen MR) is 120 cm³/mol. The fraction of sp³-hybridized carbons (Fsp3) is 0.360. The molecule has 0 spiro atoms. The fourth-order valence-corrected chi connectivity index (χ4v) is 4.26. The molecule has 2 aromatic carbocycles. The lowest BCUT2D eigenvalue weighted by Gasteiger charge is -2.45. The molecule has 0 unspecified atom stereocenters. The molecule has 6 nitrogen and oxygen atoms in total. The van der Waals surface area contributed by atoms with E-state index in [1.807, 2.05) is 44.2 Å². The molecule has 1 aromatic heterocycles. The van der Waals surface area contributed by atoms with Crippen LogP contribution in [0.25, 0.3) is 11.3 Å². The van der Waals surface area contributed by atoms with Gasteiger partial charge in [0.15, 0.2) is 0 Å². The number of halogens is 1.